The number of ether oxygens (including phenoxy) is 1. The fourth-order valence-corrected chi connectivity index (χ4v) is 2.24. The molecule has 106 valence electrons. The molecule has 19 heavy (non-hydrogen) atoms. The number of hydrogen-bond donors (Lipinski definition) is 0. The zero-order valence-electron chi connectivity index (χ0n) is 12.1. The van der Waals surface area contributed by atoms with Gasteiger partial charge in [-0.05, 0) is 38.5 Å². The second-order valence-electron chi connectivity index (χ2n) is 5.58. The highest BCUT2D eigenvalue weighted by atomic mass is 16.5. The van der Waals surface area contributed by atoms with Crippen LogP contribution in [0.15, 0.2) is 0 Å². The lowest BCUT2D eigenvalue weighted by Gasteiger charge is -2.08. The monoisotopic (exact) mass is 265 g/mol. The Kier molecular flexibility index (Phi) is 4.56. The molecule has 2 rings (SSSR count). The van der Waals surface area contributed by atoms with Gasteiger partial charge in [0.25, 0.3) is 0 Å². The summed E-state index contributed by atoms with van der Waals surface area (Å²) in [5.41, 5.74) is 1.41. The van der Waals surface area contributed by atoms with Gasteiger partial charge in [0.1, 0.15) is 0 Å². The molecule has 1 saturated carbocycles. The van der Waals surface area contributed by atoms with Crippen molar-refractivity contribution in [1.82, 2.24) is 15.0 Å². The van der Waals surface area contributed by atoms with Crippen molar-refractivity contribution in [2.45, 2.75) is 58.9 Å². The second-order valence-corrected chi connectivity index (χ2v) is 5.58. The minimum Gasteiger partial charge on any atom is -0.461 e. The van der Waals surface area contributed by atoms with E-state index in [4.69, 9.17) is 4.74 Å². The van der Waals surface area contributed by atoms with Crippen molar-refractivity contribution in [2.24, 2.45) is 5.92 Å². The molecular formula is C14H23N3O2. The maximum atomic E-state index is 11.9. The van der Waals surface area contributed by atoms with Crippen molar-refractivity contribution in [3.05, 3.63) is 11.4 Å². The highest BCUT2D eigenvalue weighted by Gasteiger charge is 2.34. The van der Waals surface area contributed by atoms with Crippen molar-refractivity contribution in [2.75, 3.05) is 6.61 Å². The third-order valence-electron chi connectivity index (χ3n) is 3.36. The third-order valence-corrected chi connectivity index (χ3v) is 3.36. The maximum absolute atomic E-state index is 11.9. The number of nitrogens with zero attached hydrogens (tertiary/aromatic N) is 3. The van der Waals surface area contributed by atoms with Gasteiger partial charge in [0, 0.05) is 12.5 Å². The summed E-state index contributed by atoms with van der Waals surface area (Å²) in [6.45, 7) is 7.46. The molecule has 0 aliphatic heterocycles. The van der Waals surface area contributed by atoms with Gasteiger partial charge in [0.05, 0.1) is 12.3 Å². The van der Waals surface area contributed by atoms with Gasteiger partial charge in [0.2, 0.25) is 0 Å². The topological polar surface area (TPSA) is 57.0 Å². The number of hydrogen-bond acceptors (Lipinski definition) is 4. The Morgan fingerprint density at radius 3 is 2.79 bits per heavy atom. The summed E-state index contributed by atoms with van der Waals surface area (Å²) < 4.78 is 6.96. The molecule has 0 spiro atoms. The van der Waals surface area contributed by atoms with Crippen LogP contribution in [0.5, 0.6) is 0 Å². The van der Waals surface area contributed by atoms with Crippen LogP contribution in [-0.4, -0.2) is 27.6 Å². The molecule has 0 unspecified atom stereocenters. The van der Waals surface area contributed by atoms with Crippen molar-refractivity contribution in [1.29, 1.82) is 0 Å². The van der Waals surface area contributed by atoms with Crippen LogP contribution in [0.1, 0.15) is 68.6 Å². The van der Waals surface area contributed by atoms with Gasteiger partial charge in [-0.1, -0.05) is 19.1 Å². The Balaban J connectivity index is 2.08. The number of carbonyl (C=O) groups excluding carboxylic acids is 1. The van der Waals surface area contributed by atoms with Crippen LogP contribution < -0.4 is 0 Å². The maximum Gasteiger partial charge on any atom is 0.360 e. The SMILES string of the molecule is CCOC(=O)c1nnn(CCCC(C)C)c1C1CC1. The number of carbonyl (C=O) groups is 1. The first-order valence-electron chi connectivity index (χ1n) is 7.24. The Hall–Kier alpha value is -1.39. The summed E-state index contributed by atoms with van der Waals surface area (Å²) >= 11 is 0. The molecule has 1 aliphatic rings. The Labute approximate surface area is 114 Å². The van der Waals surface area contributed by atoms with Crippen molar-refractivity contribution < 1.29 is 9.53 Å². The van der Waals surface area contributed by atoms with E-state index in [9.17, 15) is 4.79 Å². The zero-order chi connectivity index (χ0) is 13.8. The van der Waals surface area contributed by atoms with Crippen LogP contribution in [0.25, 0.3) is 0 Å². The average Bonchev–Trinajstić information content (AvgIpc) is 3.10. The predicted octanol–water partition coefficient (Wildman–Crippen LogP) is 2.77. The summed E-state index contributed by atoms with van der Waals surface area (Å²) in [6.07, 6.45) is 4.50. The van der Waals surface area contributed by atoms with E-state index in [1.54, 1.807) is 0 Å². The molecule has 1 aromatic rings. The molecule has 1 fully saturated rings. The summed E-state index contributed by atoms with van der Waals surface area (Å²) in [4.78, 5) is 11.9. The average molecular weight is 265 g/mol. The number of aryl methyl sites for hydroxylation is 1. The fourth-order valence-electron chi connectivity index (χ4n) is 2.24. The molecule has 0 atom stereocenters. The zero-order valence-corrected chi connectivity index (χ0v) is 12.1. The molecule has 0 aromatic carbocycles. The minimum absolute atomic E-state index is 0.334. The van der Waals surface area contributed by atoms with E-state index < -0.39 is 0 Å². The minimum atomic E-state index is -0.334. The van der Waals surface area contributed by atoms with Gasteiger partial charge in [-0.25, -0.2) is 9.48 Å². The van der Waals surface area contributed by atoms with E-state index in [1.807, 2.05) is 11.6 Å². The standard InChI is InChI=1S/C14H23N3O2/c1-4-19-14(18)12-13(11-7-8-11)17(16-15-12)9-5-6-10(2)3/h10-11H,4-9H2,1-3H3. The first kappa shape index (κ1) is 14.0. The van der Waals surface area contributed by atoms with E-state index >= 15 is 0 Å². The molecule has 1 aromatic heterocycles. The molecule has 0 N–H and O–H groups in total. The van der Waals surface area contributed by atoms with E-state index in [0.717, 1.165) is 31.5 Å². The molecular weight excluding hydrogens is 242 g/mol. The van der Waals surface area contributed by atoms with Gasteiger partial charge in [-0.15, -0.1) is 5.10 Å². The lowest BCUT2D eigenvalue weighted by atomic mass is 10.1. The quantitative estimate of drug-likeness (QED) is 0.711. The van der Waals surface area contributed by atoms with E-state index in [-0.39, 0.29) is 5.97 Å². The molecule has 5 heteroatoms. The summed E-state index contributed by atoms with van der Waals surface area (Å²) in [5.74, 6) is 0.811. The van der Waals surface area contributed by atoms with Crippen LogP contribution in [0.4, 0.5) is 0 Å². The van der Waals surface area contributed by atoms with Crippen molar-refractivity contribution in [3.8, 4) is 0 Å². The van der Waals surface area contributed by atoms with Crippen LogP contribution >= 0.6 is 0 Å². The van der Waals surface area contributed by atoms with E-state index in [2.05, 4.69) is 24.2 Å². The van der Waals surface area contributed by atoms with Gasteiger partial charge in [-0.2, -0.15) is 0 Å². The molecule has 0 saturated heterocycles. The van der Waals surface area contributed by atoms with Gasteiger partial charge >= 0.3 is 5.97 Å². The number of rotatable bonds is 7. The Bertz CT molecular complexity index is 436. The van der Waals surface area contributed by atoms with Crippen molar-refractivity contribution in [3.63, 3.8) is 0 Å². The first-order valence-corrected chi connectivity index (χ1v) is 7.24. The normalized spacial score (nSPS) is 14.9. The van der Waals surface area contributed by atoms with E-state index in [0.29, 0.717) is 24.1 Å². The molecule has 0 radical (unpaired) electrons. The lowest BCUT2D eigenvalue weighted by Crippen LogP contribution is -2.11. The summed E-state index contributed by atoms with van der Waals surface area (Å²) in [6, 6.07) is 0. The second kappa shape index (κ2) is 6.17. The Morgan fingerprint density at radius 2 is 2.21 bits per heavy atom. The Morgan fingerprint density at radius 1 is 1.47 bits per heavy atom. The summed E-state index contributed by atoms with van der Waals surface area (Å²) in [7, 11) is 0. The largest absolute Gasteiger partial charge is 0.461 e. The van der Waals surface area contributed by atoms with Crippen molar-refractivity contribution >= 4 is 5.97 Å². The first-order chi connectivity index (χ1) is 9.13. The van der Waals surface area contributed by atoms with Gasteiger partial charge < -0.3 is 4.74 Å². The molecule has 0 bridgehead atoms. The number of esters is 1. The van der Waals surface area contributed by atoms with Crippen LogP contribution in [0, 0.1) is 5.92 Å². The highest BCUT2D eigenvalue weighted by molar-refractivity contribution is 5.88. The third kappa shape index (κ3) is 3.55. The smallest absolute Gasteiger partial charge is 0.360 e. The van der Waals surface area contributed by atoms with Crippen LogP contribution in [0.3, 0.4) is 0 Å². The lowest BCUT2D eigenvalue weighted by molar-refractivity contribution is 0.0518. The molecule has 1 aliphatic carbocycles. The molecule has 1 heterocycles. The predicted molar refractivity (Wildman–Crippen MR) is 72.0 cm³/mol. The number of aromatic nitrogens is 3. The van der Waals surface area contributed by atoms with Gasteiger partial charge in [-0.3, -0.25) is 0 Å². The van der Waals surface area contributed by atoms with Crippen LogP contribution in [0.2, 0.25) is 0 Å². The van der Waals surface area contributed by atoms with E-state index in [1.165, 1.54) is 6.42 Å². The fraction of sp³-hybridized carbons (Fsp3) is 0.786. The molecule has 5 nitrogen and oxygen atoms in total. The molecule has 0 amide bonds. The van der Waals surface area contributed by atoms with Gasteiger partial charge in [0.15, 0.2) is 5.69 Å². The highest BCUT2D eigenvalue weighted by Crippen LogP contribution is 2.41. The van der Waals surface area contributed by atoms with Crippen LogP contribution in [-0.2, 0) is 11.3 Å². The summed E-state index contributed by atoms with van der Waals surface area (Å²) in [5, 5.41) is 8.18.